The van der Waals surface area contributed by atoms with Gasteiger partial charge < -0.3 is 10.2 Å². The van der Waals surface area contributed by atoms with Crippen LogP contribution < -0.4 is 5.32 Å². The summed E-state index contributed by atoms with van der Waals surface area (Å²) in [6.07, 6.45) is 13.6. The highest BCUT2D eigenvalue weighted by Crippen LogP contribution is 2.19. The van der Waals surface area contributed by atoms with Crippen molar-refractivity contribution in [2.24, 2.45) is 4.99 Å². The lowest BCUT2D eigenvalue weighted by Crippen LogP contribution is -2.45. The molecule has 0 aromatic rings. The lowest BCUT2D eigenvalue weighted by Gasteiger charge is -2.36. The van der Waals surface area contributed by atoms with Crippen molar-refractivity contribution in [2.75, 3.05) is 26.2 Å². The SMILES string of the molecule is C1CCN(C2CCNCC2)CC1.S=C=NC1CCCCC1. The molecule has 3 rings (SSSR count). The monoisotopic (exact) mass is 309 g/mol. The summed E-state index contributed by atoms with van der Waals surface area (Å²) in [4.78, 5) is 6.76. The van der Waals surface area contributed by atoms with Crippen molar-refractivity contribution in [3.05, 3.63) is 0 Å². The highest BCUT2D eigenvalue weighted by molar-refractivity contribution is 7.78. The van der Waals surface area contributed by atoms with Crippen LogP contribution >= 0.6 is 12.2 Å². The molecule has 0 unspecified atom stereocenters. The summed E-state index contributed by atoms with van der Waals surface area (Å²) in [5.41, 5.74) is 0. The van der Waals surface area contributed by atoms with Gasteiger partial charge in [-0.2, -0.15) is 0 Å². The maximum absolute atomic E-state index is 4.52. The average Bonchev–Trinajstić information content (AvgIpc) is 2.58. The van der Waals surface area contributed by atoms with E-state index in [1.54, 1.807) is 0 Å². The van der Waals surface area contributed by atoms with Crippen molar-refractivity contribution in [1.82, 2.24) is 10.2 Å². The number of isothiocyanates is 1. The Morgan fingerprint density at radius 3 is 2.10 bits per heavy atom. The number of likely N-dealkylation sites (tertiary alicyclic amines) is 1. The van der Waals surface area contributed by atoms with Crippen LogP contribution in [0.5, 0.6) is 0 Å². The third-order valence-corrected chi connectivity index (χ3v) is 5.13. The van der Waals surface area contributed by atoms with Crippen molar-refractivity contribution in [3.63, 3.8) is 0 Å². The summed E-state index contributed by atoms with van der Waals surface area (Å²) in [7, 11) is 0. The molecule has 0 aromatic heterocycles. The number of nitrogens with zero attached hydrogens (tertiary/aromatic N) is 2. The fraction of sp³-hybridized carbons (Fsp3) is 0.941. The third-order valence-electron chi connectivity index (χ3n) is 5.03. The maximum atomic E-state index is 4.52. The predicted octanol–water partition coefficient (Wildman–Crippen LogP) is 3.65. The molecule has 1 aliphatic carbocycles. The number of hydrogen-bond acceptors (Lipinski definition) is 4. The van der Waals surface area contributed by atoms with Gasteiger partial charge in [0.25, 0.3) is 0 Å². The van der Waals surface area contributed by atoms with E-state index in [0.29, 0.717) is 6.04 Å². The normalized spacial score (nSPS) is 25.5. The van der Waals surface area contributed by atoms with Crippen LogP contribution in [0.2, 0.25) is 0 Å². The van der Waals surface area contributed by atoms with Crippen LogP contribution in [-0.2, 0) is 0 Å². The molecule has 4 heteroatoms. The molecule has 0 radical (unpaired) electrons. The minimum absolute atomic E-state index is 0.510. The summed E-state index contributed by atoms with van der Waals surface area (Å²) >= 11 is 4.52. The molecule has 120 valence electrons. The van der Waals surface area contributed by atoms with E-state index < -0.39 is 0 Å². The van der Waals surface area contributed by atoms with Crippen LogP contribution in [0.15, 0.2) is 4.99 Å². The topological polar surface area (TPSA) is 27.6 Å². The first-order valence-electron chi connectivity index (χ1n) is 8.92. The van der Waals surface area contributed by atoms with E-state index in [2.05, 4.69) is 32.6 Å². The van der Waals surface area contributed by atoms with Gasteiger partial charge in [0.05, 0.1) is 11.2 Å². The minimum atomic E-state index is 0.510. The zero-order chi connectivity index (χ0) is 14.8. The van der Waals surface area contributed by atoms with Crippen LogP contribution in [0.3, 0.4) is 0 Å². The Hall–Kier alpha value is -0.280. The minimum Gasteiger partial charge on any atom is -0.317 e. The van der Waals surface area contributed by atoms with Gasteiger partial charge in [-0.05, 0) is 76.9 Å². The van der Waals surface area contributed by atoms with Crippen molar-refractivity contribution in [3.8, 4) is 0 Å². The van der Waals surface area contributed by atoms with Crippen LogP contribution in [0.1, 0.15) is 64.2 Å². The van der Waals surface area contributed by atoms with E-state index in [0.717, 1.165) is 6.04 Å². The Balaban J connectivity index is 0.000000161. The second kappa shape index (κ2) is 10.4. The molecule has 2 aliphatic heterocycles. The van der Waals surface area contributed by atoms with Gasteiger partial charge in [-0.15, -0.1) is 0 Å². The van der Waals surface area contributed by atoms with Crippen LogP contribution in [0.4, 0.5) is 0 Å². The zero-order valence-corrected chi connectivity index (χ0v) is 14.2. The van der Waals surface area contributed by atoms with Gasteiger partial charge >= 0.3 is 0 Å². The Morgan fingerprint density at radius 1 is 0.857 bits per heavy atom. The summed E-state index contributed by atoms with van der Waals surface area (Å²) in [6.45, 7) is 5.21. The molecule has 21 heavy (non-hydrogen) atoms. The van der Waals surface area contributed by atoms with Crippen LogP contribution in [0, 0.1) is 0 Å². The lowest BCUT2D eigenvalue weighted by atomic mass is 9.96. The van der Waals surface area contributed by atoms with Crippen molar-refractivity contribution in [1.29, 1.82) is 0 Å². The Bertz CT molecular complexity index is 294. The molecule has 2 saturated heterocycles. The Kier molecular flexibility index (Phi) is 8.50. The van der Waals surface area contributed by atoms with Gasteiger partial charge in [0.15, 0.2) is 0 Å². The predicted molar refractivity (Wildman–Crippen MR) is 93.2 cm³/mol. The molecule has 0 bridgehead atoms. The first kappa shape index (κ1) is 17.1. The van der Waals surface area contributed by atoms with Crippen molar-refractivity contribution >= 4 is 17.4 Å². The molecule has 3 nitrogen and oxygen atoms in total. The van der Waals surface area contributed by atoms with E-state index in [4.69, 9.17) is 0 Å². The average molecular weight is 310 g/mol. The smallest absolute Gasteiger partial charge is 0.0602 e. The summed E-state index contributed by atoms with van der Waals surface area (Å²) < 4.78 is 0. The molecule has 2 heterocycles. The number of rotatable bonds is 2. The molecule has 0 atom stereocenters. The van der Waals surface area contributed by atoms with Gasteiger partial charge in [-0.3, -0.25) is 0 Å². The summed E-state index contributed by atoms with van der Waals surface area (Å²) in [5.74, 6) is 0. The van der Waals surface area contributed by atoms with Gasteiger partial charge in [0.2, 0.25) is 0 Å². The van der Waals surface area contributed by atoms with Gasteiger partial charge in [0, 0.05) is 6.04 Å². The van der Waals surface area contributed by atoms with Gasteiger partial charge in [-0.1, -0.05) is 25.7 Å². The number of nitrogens with one attached hydrogen (secondary N) is 1. The summed E-state index contributed by atoms with van der Waals surface area (Å²) in [6, 6.07) is 1.42. The van der Waals surface area contributed by atoms with E-state index in [9.17, 15) is 0 Å². The second-order valence-corrected chi connectivity index (χ2v) is 6.77. The largest absolute Gasteiger partial charge is 0.317 e. The lowest BCUT2D eigenvalue weighted by molar-refractivity contribution is 0.136. The van der Waals surface area contributed by atoms with Crippen molar-refractivity contribution in [2.45, 2.75) is 76.3 Å². The highest BCUT2D eigenvalue weighted by atomic mass is 32.1. The Morgan fingerprint density at radius 2 is 1.48 bits per heavy atom. The standard InChI is InChI=1S/C10H20N2.C7H11NS/c1-2-8-12(9-3-1)10-4-6-11-7-5-10;9-6-8-7-4-2-1-3-5-7/h10-11H,1-9H2;7H,1-5H2. The molecule has 0 aromatic carbocycles. The van der Waals surface area contributed by atoms with Gasteiger partial charge in [0.1, 0.15) is 0 Å². The molecular formula is C17H31N3S. The van der Waals surface area contributed by atoms with Gasteiger partial charge in [-0.25, -0.2) is 4.99 Å². The number of hydrogen-bond donors (Lipinski definition) is 1. The summed E-state index contributed by atoms with van der Waals surface area (Å²) in [5, 5.41) is 5.87. The quantitative estimate of drug-likeness (QED) is 0.623. The molecule has 0 spiro atoms. The molecule has 3 aliphatic rings. The fourth-order valence-corrected chi connectivity index (χ4v) is 3.89. The zero-order valence-electron chi connectivity index (χ0n) is 13.4. The third kappa shape index (κ3) is 6.56. The van der Waals surface area contributed by atoms with E-state index in [1.807, 2.05) is 0 Å². The molecular weight excluding hydrogens is 278 g/mol. The molecule has 1 saturated carbocycles. The van der Waals surface area contributed by atoms with E-state index >= 15 is 0 Å². The Labute approximate surface area is 135 Å². The van der Waals surface area contributed by atoms with E-state index in [1.165, 1.54) is 90.4 Å². The number of aliphatic imine (C=N–C) groups is 1. The molecule has 0 amide bonds. The number of piperidine rings is 2. The first-order chi connectivity index (χ1) is 10.4. The fourth-order valence-electron chi connectivity index (χ4n) is 3.74. The van der Waals surface area contributed by atoms with Crippen LogP contribution in [0.25, 0.3) is 0 Å². The molecule has 3 fully saturated rings. The maximum Gasteiger partial charge on any atom is 0.0602 e. The molecule has 1 N–H and O–H groups in total. The second-order valence-electron chi connectivity index (χ2n) is 6.59. The first-order valence-corrected chi connectivity index (χ1v) is 9.32. The highest BCUT2D eigenvalue weighted by Gasteiger charge is 2.21. The van der Waals surface area contributed by atoms with E-state index in [-0.39, 0.29) is 0 Å². The van der Waals surface area contributed by atoms with Crippen molar-refractivity contribution < 1.29 is 0 Å². The van der Waals surface area contributed by atoms with Crippen LogP contribution in [-0.4, -0.2) is 48.3 Å². The number of thiocarbonyl (C=S) groups is 1.